The van der Waals surface area contributed by atoms with Crippen LogP contribution in [-0.2, 0) is 21.6 Å². The molecule has 0 aliphatic heterocycles. The van der Waals surface area contributed by atoms with Gasteiger partial charge in [0.25, 0.3) is 0 Å². The van der Waals surface area contributed by atoms with Crippen LogP contribution in [0.4, 0.5) is 0 Å². The van der Waals surface area contributed by atoms with Gasteiger partial charge in [-0.1, -0.05) is 0 Å². The van der Waals surface area contributed by atoms with Gasteiger partial charge < -0.3 is 5.11 Å². The Balaban J connectivity index is 0. The van der Waals surface area contributed by atoms with Crippen molar-refractivity contribution in [2.75, 3.05) is 0 Å². The van der Waals surface area contributed by atoms with Crippen LogP contribution in [0.5, 0.6) is 0 Å². The van der Waals surface area contributed by atoms with E-state index in [1.807, 2.05) is 0 Å². The fourth-order valence-electron chi connectivity index (χ4n) is 0. The summed E-state index contributed by atoms with van der Waals surface area (Å²) in [5.41, 5.74) is 0. The number of carbonyl (C=O) groups excluding carboxylic acids is 1. The summed E-state index contributed by atoms with van der Waals surface area (Å²) in [5, 5.41) is 7.33. The van der Waals surface area contributed by atoms with Crippen molar-refractivity contribution < 1.29 is 26.7 Å². The summed E-state index contributed by atoms with van der Waals surface area (Å²) in [4.78, 5) is 8.74. The van der Waals surface area contributed by atoms with Gasteiger partial charge in [0.15, 0.2) is 12.2 Å². The first-order chi connectivity index (χ1) is 1.91. The molecule has 0 bridgehead atoms. The summed E-state index contributed by atoms with van der Waals surface area (Å²) in [6, 6.07) is 0. The van der Waals surface area contributed by atoms with E-state index in [-0.39, 0.29) is 16.8 Å². The van der Waals surface area contributed by atoms with Crippen LogP contribution in [0.25, 0.3) is 0 Å². The van der Waals surface area contributed by atoms with Gasteiger partial charge in [-0.25, -0.2) is 4.79 Å². The normalized spacial score (nSPS) is 3.20. The average Bonchev–Trinajstić information content (AvgIpc) is 1.37. The summed E-state index contributed by atoms with van der Waals surface area (Å²) in [6.45, 7) is 0. The Hall–Kier alpha value is -0.244. The van der Waals surface area contributed by atoms with Crippen LogP contribution in [0.1, 0.15) is 0 Å². The molecule has 5 heavy (non-hydrogen) atoms. The number of aliphatic hydroxyl groups is 1. The van der Waals surface area contributed by atoms with Crippen LogP contribution >= 0.6 is 0 Å². The Morgan fingerprint density at radius 1 is 1.80 bits per heavy atom. The zero-order valence-electron chi connectivity index (χ0n) is 2.27. The molecule has 0 fully saturated rings. The quantitative estimate of drug-likeness (QED) is 0.355. The molecule has 31 valence electrons. The predicted molar refractivity (Wildman–Crippen MR) is 12.9 cm³/mol. The van der Waals surface area contributed by atoms with Gasteiger partial charge in [-0.2, -0.15) is 0 Å². The summed E-state index contributed by atoms with van der Waals surface area (Å²) in [5.74, 6) is 1.11. The third-order valence-corrected chi connectivity index (χ3v) is 0.0527. The summed E-state index contributed by atoms with van der Waals surface area (Å²) in [6.07, 6.45) is 0.319. The minimum atomic E-state index is 0. The van der Waals surface area contributed by atoms with Crippen LogP contribution in [0, 0.1) is 0 Å². The molecule has 0 rings (SSSR count). The molecule has 0 aliphatic carbocycles. The molecule has 0 saturated heterocycles. The minimum absolute atomic E-state index is 0. The second kappa shape index (κ2) is 9.25. The smallest absolute Gasteiger partial charge is 0.163 e. The summed E-state index contributed by atoms with van der Waals surface area (Å²) in [7, 11) is 0. The molecular formula is C2H2CoO2. The molecular weight excluding hydrogens is 115 g/mol. The van der Waals surface area contributed by atoms with Crippen LogP contribution in [0.15, 0.2) is 6.26 Å². The number of aliphatic hydroxyl groups excluding tert-OH is 1. The molecule has 0 aromatic carbocycles. The van der Waals surface area contributed by atoms with Crippen LogP contribution in [-0.4, -0.2) is 11.0 Å². The molecule has 2 nitrogen and oxygen atoms in total. The topological polar surface area (TPSA) is 37.3 Å². The van der Waals surface area contributed by atoms with Crippen LogP contribution in [0.3, 0.4) is 0 Å². The van der Waals surface area contributed by atoms with Crippen molar-refractivity contribution in [2.24, 2.45) is 0 Å². The zero-order valence-corrected chi connectivity index (χ0v) is 3.31. The SMILES string of the molecule is O=C=CO.[Co]. The first-order valence-electron chi connectivity index (χ1n) is 0.751. The summed E-state index contributed by atoms with van der Waals surface area (Å²) < 4.78 is 0. The van der Waals surface area contributed by atoms with Crippen molar-refractivity contribution in [3.63, 3.8) is 0 Å². The number of hydrogen-bond acceptors (Lipinski definition) is 2. The Bertz CT molecular complexity index is 45.6. The molecule has 3 heteroatoms. The minimum Gasteiger partial charge on any atom is -0.504 e. The molecule has 1 radical (unpaired) electrons. The van der Waals surface area contributed by atoms with Crippen molar-refractivity contribution >= 4 is 5.94 Å². The molecule has 0 spiro atoms. The molecule has 0 atom stereocenters. The maximum atomic E-state index is 8.74. The molecule has 0 aliphatic rings. The predicted octanol–water partition coefficient (Wildman–Crippen LogP) is -0.113. The van der Waals surface area contributed by atoms with E-state index >= 15 is 0 Å². The van der Waals surface area contributed by atoms with E-state index in [1.165, 1.54) is 0 Å². The molecule has 0 aromatic heterocycles. The van der Waals surface area contributed by atoms with Crippen LogP contribution < -0.4 is 0 Å². The van der Waals surface area contributed by atoms with Crippen molar-refractivity contribution in [3.8, 4) is 0 Å². The Morgan fingerprint density at radius 3 is 2.00 bits per heavy atom. The van der Waals surface area contributed by atoms with E-state index in [1.54, 1.807) is 0 Å². The third kappa shape index (κ3) is 20.3. The van der Waals surface area contributed by atoms with E-state index in [9.17, 15) is 0 Å². The monoisotopic (exact) mass is 117 g/mol. The van der Waals surface area contributed by atoms with Gasteiger partial charge in [0.05, 0.1) is 0 Å². The number of rotatable bonds is 0. The van der Waals surface area contributed by atoms with Gasteiger partial charge in [-0.05, 0) is 0 Å². The van der Waals surface area contributed by atoms with E-state index in [4.69, 9.17) is 9.90 Å². The maximum Gasteiger partial charge on any atom is 0.163 e. The molecule has 1 N–H and O–H groups in total. The second-order valence-corrected chi connectivity index (χ2v) is 0.247. The van der Waals surface area contributed by atoms with Gasteiger partial charge in [-0.15, -0.1) is 0 Å². The standard InChI is InChI=1S/C2H2O2.Co/c3-1-2-4;/h1,3H;. The molecule has 0 heterocycles. The fraction of sp³-hybridized carbons (Fsp3) is 0. The Morgan fingerprint density at radius 2 is 2.00 bits per heavy atom. The molecule has 0 amide bonds. The Kier molecular flexibility index (Phi) is 16.3. The van der Waals surface area contributed by atoms with E-state index in [2.05, 4.69) is 0 Å². The fourth-order valence-corrected chi connectivity index (χ4v) is 0. The van der Waals surface area contributed by atoms with Gasteiger partial charge in [-0.3, -0.25) is 0 Å². The largest absolute Gasteiger partial charge is 0.504 e. The van der Waals surface area contributed by atoms with Crippen molar-refractivity contribution in [3.05, 3.63) is 6.26 Å². The second-order valence-electron chi connectivity index (χ2n) is 0.247. The van der Waals surface area contributed by atoms with Crippen LogP contribution in [0.2, 0.25) is 0 Å². The number of hydrogen-bond donors (Lipinski definition) is 1. The van der Waals surface area contributed by atoms with Crippen molar-refractivity contribution in [1.29, 1.82) is 0 Å². The van der Waals surface area contributed by atoms with Gasteiger partial charge in [0.2, 0.25) is 0 Å². The van der Waals surface area contributed by atoms with Crippen molar-refractivity contribution in [1.82, 2.24) is 0 Å². The van der Waals surface area contributed by atoms with E-state index < -0.39 is 0 Å². The van der Waals surface area contributed by atoms with Gasteiger partial charge >= 0.3 is 0 Å². The Labute approximate surface area is 39.7 Å². The van der Waals surface area contributed by atoms with E-state index in [0.717, 1.165) is 5.94 Å². The molecule has 0 unspecified atom stereocenters. The molecule has 0 aromatic rings. The van der Waals surface area contributed by atoms with Gasteiger partial charge in [0, 0.05) is 16.8 Å². The maximum absolute atomic E-state index is 8.74. The average molecular weight is 117 g/mol. The van der Waals surface area contributed by atoms with E-state index in [0.29, 0.717) is 6.26 Å². The first kappa shape index (κ1) is 8.83. The van der Waals surface area contributed by atoms with Gasteiger partial charge in [0.1, 0.15) is 0 Å². The molecule has 0 saturated carbocycles. The first-order valence-corrected chi connectivity index (χ1v) is 0.751. The zero-order chi connectivity index (χ0) is 3.41. The third-order valence-electron chi connectivity index (χ3n) is 0.0527. The van der Waals surface area contributed by atoms with Crippen molar-refractivity contribution in [2.45, 2.75) is 0 Å². The summed E-state index contributed by atoms with van der Waals surface area (Å²) >= 11 is 0.